The minimum Gasteiger partial charge on any atom is -0.379 e. The SMILES string of the molecule is CC1=NC(=O)C(CNC(=O)c2cc(-c3ccc(CN4CCOCC4)cc3)cc3c2cnn3C2CCCC2)C(CN(C)C)=C1. The monoisotopic (exact) mass is 582 g/mol. The van der Waals surface area contributed by atoms with Crippen LogP contribution in [0.1, 0.15) is 54.6 Å². The number of ether oxygens (including phenoxy) is 1. The van der Waals surface area contributed by atoms with E-state index in [4.69, 9.17) is 9.84 Å². The summed E-state index contributed by atoms with van der Waals surface area (Å²) in [6.45, 7) is 7.04. The first-order valence-corrected chi connectivity index (χ1v) is 15.5. The van der Waals surface area contributed by atoms with Crippen LogP contribution in [0.15, 0.2) is 59.2 Å². The van der Waals surface area contributed by atoms with E-state index in [0.717, 1.165) is 73.3 Å². The maximum Gasteiger partial charge on any atom is 0.254 e. The van der Waals surface area contributed by atoms with Gasteiger partial charge in [-0.15, -0.1) is 0 Å². The molecule has 2 aliphatic heterocycles. The summed E-state index contributed by atoms with van der Waals surface area (Å²) < 4.78 is 7.61. The molecule has 43 heavy (non-hydrogen) atoms. The van der Waals surface area contributed by atoms with Gasteiger partial charge in [0.25, 0.3) is 11.8 Å². The van der Waals surface area contributed by atoms with E-state index >= 15 is 0 Å². The Kier molecular flexibility index (Phi) is 8.83. The summed E-state index contributed by atoms with van der Waals surface area (Å²) in [6, 6.07) is 13.1. The smallest absolute Gasteiger partial charge is 0.254 e. The van der Waals surface area contributed by atoms with E-state index in [1.807, 2.05) is 44.3 Å². The molecule has 9 nitrogen and oxygen atoms in total. The number of morpholine rings is 1. The molecule has 0 bridgehead atoms. The predicted molar refractivity (Wildman–Crippen MR) is 169 cm³/mol. The number of hydrogen-bond donors (Lipinski definition) is 1. The van der Waals surface area contributed by atoms with Gasteiger partial charge in [-0.25, -0.2) is 4.99 Å². The number of carbonyl (C=O) groups excluding carboxylic acids is 2. The highest BCUT2D eigenvalue weighted by Gasteiger charge is 2.28. The maximum atomic E-state index is 13.8. The lowest BCUT2D eigenvalue weighted by Crippen LogP contribution is -2.37. The van der Waals surface area contributed by atoms with Gasteiger partial charge in [0.1, 0.15) is 0 Å². The molecule has 1 N–H and O–H groups in total. The van der Waals surface area contributed by atoms with Crippen LogP contribution < -0.4 is 5.32 Å². The lowest BCUT2D eigenvalue weighted by molar-refractivity contribution is -0.120. The normalized spacial score (nSPS) is 20.1. The Balaban J connectivity index is 1.29. The standard InChI is InChI=1S/C34H42N6O3/c1-23-16-27(22-38(2)3)30(34(42)37-23)19-35-33(41)29-17-26(18-32-31(29)20-36-40(32)28-6-4-5-7-28)25-10-8-24(9-11-25)21-39-12-14-43-15-13-39/h8-11,16-18,20,28,30H,4-7,12-15,19,21-22H2,1-3H3,(H,35,41). The Hall–Kier alpha value is -3.66. The van der Waals surface area contributed by atoms with Crippen LogP contribution in [-0.2, 0) is 16.1 Å². The van der Waals surface area contributed by atoms with Gasteiger partial charge in [-0.05, 0) is 74.3 Å². The molecule has 3 heterocycles. The van der Waals surface area contributed by atoms with E-state index < -0.39 is 5.92 Å². The molecule has 3 aliphatic rings. The molecular weight excluding hydrogens is 540 g/mol. The second kappa shape index (κ2) is 12.9. The van der Waals surface area contributed by atoms with Gasteiger partial charge in [0, 0.05) is 43.8 Å². The highest BCUT2D eigenvalue weighted by atomic mass is 16.5. The lowest BCUT2D eigenvalue weighted by Gasteiger charge is -2.26. The van der Waals surface area contributed by atoms with Gasteiger partial charge in [-0.1, -0.05) is 37.1 Å². The number of likely N-dealkylation sites (N-methyl/N-ethyl adjacent to an activating group) is 1. The van der Waals surface area contributed by atoms with Gasteiger partial charge < -0.3 is 15.0 Å². The van der Waals surface area contributed by atoms with Gasteiger partial charge >= 0.3 is 0 Å². The first-order valence-electron chi connectivity index (χ1n) is 15.5. The molecule has 2 amide bonds. The van der Waals surface area contributed by atoms with Crippen LogP contribution in [0.2, 0.25) is 0 Å². The fourth-order valence-corrected chi connectivity index (χ4v) is 6.60. The summed E-state index contributed by atoms with van der Waals surface area (Å²) in [5.74, 6) is -0.888. The zero-order valence-corrected chi connectivity index (χ0v) is 25.5. The summed E-state index contributed by atoms with van der Waals surface area (Å²) in [7, 11) is 3.95. The van der Waals surface area contributed by atoms with Crippen LogP contribution in [0, 0.1) is 5.92 Å². The first-order chi connectivity index (χ1) is 20.9. The van der Waals surface area contributed by atoms with Crippen molar-refractivity contribution in [2.24, 2.45) is 10.9 Å². The van der Waals surface area contributed by atoms with E-state index in [2.05, 4.69) is 50.2 Å². The minimum atomic E-state index is -0.478. The second-order valence-corrected chi connectivity index (χ2v) is 12.4. The Labute approximate surface area is 253 Å². The summed E-state index contributed by atoms with van der Waals surface area (Å²) in [6.07, 6.45) is 8.39. The lowest BCUT2D eigenvalue weighted by atomic mass is 9.93. The summed E-state index contributed by atoms with van der Waals surface area (Å²) in [4.78, 5) is 35.3. The minimum absolute atomic E-state index is 0.201. The highest BCUT2D eigenvalue weighted by Crippen LogP contribution is 2.35. The Morgan fingerprint density at radius 1 is 1.07 bits per heavy atom. The molecule has 1 saturated carbocycles. The molecule has 1 aromatic heterocycles. The molecule has 2 aromatic carbocycles. The topological polar surface area (TPSA) is 92.1 Å². The average Bonchev–Trinajstić information content (AvgIpc) is 3.67. The number of aliphatic imine (C=N–C) groups is 1. The van der Waals surface area contributed by atoms with Gasteiger partial charge in [0.15, 0.2) is 0 Å². The van der Waals surface area contributed by atoms with Gasteiger partial charge in [-0.3, -0.25) is 19.2 Å². The fraction of sp³-hybridized carbons (Fsp3) is 0.471. The molecule has 9 heteroatoms. The molecule has 1 atom stereocenters. The Morgan fingerprint density at radius 3 is 2.53 bits per heavy atom. The predicted octanol–water partition coefficient (Wildman–Crippen LogP) is 4.49. The third-order valence-corrected chi connectivity index (χ3v) is 8.82. The number of nitrogens with zero attached hydrogens (tertiary/aromatic N) is 5. The van der Waals surface area contributed by atoms with Gasteiger partial charge in [-0.2, -0.15) is 5.10 Å². The molecule has 226 valence electrons. The quantitative estimate of drug-likeness (QED) is 0.400. The number of benzene rings is 2. The zero-order chi connectivity index (χ0) is 29.9. The van der Waals surface area contributed by atoms with Crippen molar-refractivity contribution < 1.29 is 14.3 Å². The van der Waals surface area contributed by atoms with Gasteiger partial charge in [0.05, 0.1) is 42.5 Å². The third-order valence-electron chi connectivity index (χ3n) is 8.82. The van der Waals surface area contributed by atoms with Crippen LogP contribution in [0.4, 0.5) is 0 Å². The molecule has 3 aromatic rings. The second-order valence-electron chi connectivity index (χ2n) is 12.4. The molecular formula is C34H42N6O3. The summed E-state index contributed by atoms with van der Waals surface area (Å²) >= 11 is 0. The molecule has 0 radical (unpaired) electrons. The maximum absolute atomic E-state index is 13.8. The van der Waals surface area contributed by atoms with Crippen molar-refractivity contribution in [3.63, 3.8) is 0 Å². The fourth-order valence-electron chi connectivity index (χ4n) is 6.60. The van der Waals surface area contributed by atoms with Crippen molar-refractivity contribution in [2.75, 3.05) is 53.5 Å². The van der Waals surface area contributed by atoms with Crippen LogP contribution >= 0.6 is 0 Å². The molecule has 1 aliphatic carbocycles. The van der Waals surface area contributed by atoms with Crippen LogP contribution in [-0.4, -0.2) is 90.6 Å². The number of allylic oxidation sites excluding steroid dienone is 1. The number of rotatable bonds is 9. The average molecular weight is 583 g/mol. The molecule has 1 saturated heterocycles. The van der Waals surface area contributed by atoms with E-state index in [1.165, 1.54) is 18.4 Å². The van der Waals surface area contributed by atoms with E-state index in [9.17, 15) is 9.59 Å². The number of fused-ring (bicyclic) bond motifs is 1. The number of nitrogens with one attached hydrogen (secondary N) is 1. The van der Waals surface area contributed by atoms with Crippen LogP contribution in [0.25, 0.3) is 22.0 Å². The van der Waals surface area contributed by atoms with Crippen molar-refractivity contribution in [3.8, 4) is 11.1 Å². The Bertz CT molecular complexity index is 1540. The van der Waals surface area contributed by atoms with Crippen molar-refractivity contribution in [2.45, 2.75) is 45.2 Å². The third kappa shape index (κ3) is 6.64. The first kappa shape index (κ1) is 29.4. The summed E-state index contributed by atoms with van der Waals surface area (Å²) in [5, 5.41) is 8.70. The van der Waals surface area contributed by atoms with Crippen molar-refractivity contribution in [1.82, 2.24) is 24.9 Å². The van der Waals surface area contributed by atoms with Crippen LogP contribution in [0.3, 0.4) is 0 Å². The van der Waals surface area contributed by atoms with E-state index in [-0.39, 0.29) is 18.4 Å². The van der Waals surface area contributed by atoms with Crippen molar-refractivity contribution >= 4 is 28.4 Å². The number of amides is 2. The number of aromatic nitrogens is 2. The Morgan fingerprint density at radius 2 is 1.81 bits per heavy atom. The molecule has 6 rings (SSSR count). The summed E-state index contributed by atoms with van der Waals surface area (Å²) in [5.41, 5.74) is 6.53. The molecule has 0 spiro atoms. The van der Waals surface area contributed by atoms with E-state index in [1.54, 1.807) is 0 Å². The van der Waals surface area contributed by atoms with Crippen molar-refractivity contribution in [1.29, 1.82) is 0 Å². The van der Waals surface area contributed by atoms with E-state index in [0.29, 0.717) is 23.9 Å². The molecule has 2 fully saturated rings. The van der Waals surface area contributed by atoms with Gasteiger partial charge in [0.2, 0.25) is 0 Å². The van der Waals surface area contributed by atoms with Crippen molar-refractivity contribution in [3.05, 3.63) is 65.4 Å². The number of hydrogen-bond acceptors (Lipinski definition) is 6. The number of carbonyl (C=O) groups is 2. The zero-order valence-electron chi connectivity index (χ0n) is 25.5. The molecule has 1 unspecified atom stereocenters. The largest absolute Gasteiger partial charge is 0.379 e. The number of dihydropyridines is 1. The highest BCUT2D eigenvalue weighted by molar-refractivity contribution is 6.09. The van der Waals surface area contributed by atoms with Crippen LogP contribution in [0.5, 0.6) is 0 Å².